The van der Waals surface area contributed by atoms with Gasteiger partial charge in [0.05, 0.1) is 20.8 Å². The van der Waals surface area contributed by atoms with Crippen LogP contribution in [0.4, 0.5) is 5.82 Å². The molecular weight excluding hydrogens is 530 g/mol. The highest BCUT2D eigenvalue weighted by Crippen LogP contribution is 2.27. The van der Waals surface area contributed by atoms with Gasteiger partial charge in [0.1, 0.15) is 10.9 Å². The van der Waals surface area contributed by atoms with E-state index in [4.69, 9.17) is 31.8 Å². The first-order valence-electron chi connectivity index (χ1n) is 12.7. The van der Waals surface area contributed by atoms with Crippen molar-refractivity contribution in [3.8, 4) is 11.5 Å². The summed E-state index contributed by atoms with van der Waals surface area (Å²) in [5.74, 6) is 1.02. The number of methoxy groups -OCH3 is 2. The first kappa shape index (κ1) is 27.0. The second-order valence-corrected chi connectivity index (χ2v) is 9.76. The van der Waals surface area contributed by atoms with Crippen molar-refractivity contribution < 1.29 is 18.8 Å². The standard InChI is InChI=1S/C30H28ClN5O4/c1-18-7-6-14-35-27(18)34-28-22(30(35)38)16-21(26(32)36(28)17-20-8-4-5-9-23(20)31)29(37)33-13-12-19-10-11-24(39-2)25(15-19)40-3/h4-11,14-16,32H,12-13,17H2,1-3H3,(H,33,37)/p+1. The Balaban J connectivity index is 1.55. The maximum absolute atomic E-state index is 13.6. The van der Waals surface area contributed by atoms with Crippen LogP contribution in [0.15, 0.2) is 71.7 Å². The molecule has 9 nitrogen and oxygen atoms in total. The van der Waals surface area contributed by atoms with Gasteiger partial charge in [-0.25, -0.2) is 4.57 Å². The number of hydrogen-bond acceptors (Lipinski definition) is 6. The molecule has 2 aromatic carbocycles. The minimum absolute atomic E-state index is 0.179. The number of nitrogens with one attached hydrogen (secondary N) is 1. The summed E-state index contributed by atoms with van der Waals surface area (Å²) in [5.41, 5.74) is 9.96. The SMILES string of the molecule is COc1ccc(CCNC(=O)c2cc3c(=O)n4cccc(C)c4nc3[n+](Cc3ccccc3Cl)c2N)cc1OC. The molecule has 204 valence electrons. The summed E-state index contributed by atoms with van der Waals surface area (Å²) in [6.45, 7) is 2.45. The molecule has 0 atom stereocenters. The fraction of sp³-hybridized carbons (Fsp3) is 0.200. The number of fused-ring (bicyclic) bond motifs is 2. The fourth-order valence-corrected chi connectivity index (χ4v) is 4.90. The average molecular weight is 559 g/mol. The van der Waals surface area contributed by atoms with Gasteiger partial charge in [-0.1, -0.05) is 46.9 Å². The van der Waals surface area contributed by atoms with Crippen molar-refractivity contribution in [1.29, 1.82) is 0 Å². The largest absolute Gasteiger partial charge is 0.493 e. The second-order valence-electron chi connectivity index (χ2n) is 9.36. The lowest BCUT2D eigenvalue weighted by Gasteiger charge is -2.14. The fourth-order valence-electron chi connectivity index (χ4n) is 4.70. The highest BCUT2D eigenvalue weighted by atomic mass is 35.5. The number of pyridine rings is 2. The molecule has 0 spiro atoms. The van der Waals surface area contributed by atoms with Crippen LogP contribution in [0.2, 0.25) is 5.02 Å². The monoisotopic (exact) mass is 558 g/mol. The molecule has 1 amide bonds. The van der Waals surface area contributed by atoms with Crippen LogP contribution in [0.5, 0.6) is 11.5 Å². The topological polar surface area (TPSA) is 112 Å². The van der Waals surface area contributed by atoms with Crippen LogP contribution in [-0.4, -0.2) is 36.1 Å². The summed E-state index contributed by atoms with van der Waals surface area (Å²) >= 11 is 6.46. The lowest BCUT2D eigenvalue weighted by atomic mass is 10.1. The number of rotatable bonds is 8. The van der Waals surface area contributed by atoms with E-state index in [9.17, 15) is 9.59 Å². The second kappa shape index (κ2) is 11.2. The Hall–Kier alpha value is -4.63. The van der Waals surface area contributed by atoms with Crippen LogP contribution in [0.1, 0.15) is 27.0 Å². The number of hydrogen-bond donors (Lipinski definition) is 2. The molecule has 0 saturated carbocycles. The molecule has 0 radical (unpaired) electrons. The van der Waals surface area contributed by atoms with Crippen LogP contribution in [0, 0.1) is 6.92 Å². The molecule has 3 aromatic heterocycles. The molecule has 0 unspecified atom stereocenters. The summed E-state index contributed by atoms with van der Waals surface area (Å²) in [6.07, 6.45) is 2.21. The Morgan fingerprint density at radius 2 is 1.85 bits per heavy atom. The summed E-state index contributed by atoms with van der Waals surface area (Å²) in [6, 6.07) is 18.1. The molecule has 0 aliphatic rings. The molecule has 3 heterocycles. The molecule has 0 aliphatic carbocycles. The van der Waals surface area contributed by atoms with Crippen molar-refractivity contribution in [2.24, 2.45) is 0 Å². The van der Waals surface area contributed by atoms with Gasteiger partial charge in [-0.2, -0.15) is 0 Å². The van der Waals surface area contributed by atoms with E-state index in [1.807, 2.05) is 49.4 Å². The first-order chi connectivity index (χ1) is 19.3. The number of benzene rings is 2. The third-order valence-corrected chi connectivity index (χ3v) is 7.22. The number of anilines is 1. The third kappa shape index (κ3) is 5.03. The summed E-state index contributed by atoms with van der Waals surface area (Å²) < 4.78 is 13.8. The molecular formula is C30H29ClN5O4+. The lowest BCUT2D eigenvalue weighted by Crippen LogP contribution is -2.43. The van der Waals surface area contributed by atoms with Gasteiger partial charge in [0.15, 0.2) is 11.5 Å². The molecule has 0 bridgehead atoms. The van der Waals surface area contributed by atoms with Gasteiger partial charge in [0.2, 0.25) is 11.5 Å². The summed E-state index contributed by atoms with van der Waals surface area (Å²) in [5, 5.41) is 3.74. The van der Waals surface area contributed by atoms with Gasteiger partial charge in [-0.3, -0.25) is 14.0 Å². The Morgan fingerprint density at radius 1 is 1.07 bits per heavy atom. The van der Waals surface area contributed by atoms with E-state index < -0.39 is 5.91 Å². The number of halogens is 1. The molecule has 10 heteroatoms. The zero-order chi connectivity index (χ0) is 28.4. The minimum atomic E-state index is -0.401. The van der Waals surface area contributed by atoms with Gasteiger partial charge >= 0.3 is 0 Å². The van der Waals surface area contributed by atoms with Crippen molar-refractivity contribution in [3.05, 3.63) is 104 Å². The molecule has 5 rings (SSSR count). The van der Waals surface area contributed by atoms with Crippen LogP contribution in [0.25, 0.3) is 16.7 Å². The number of nitrogens with zero attached hydrogens (tertiary/aromatic N) is 3. The van der Waals surface area contributed by atoms with Crippen LogP contribution >= 0.6 is 11.6 Å². The quantitative estimate of drug-likeness (QED) is 0.222. The van der Waals surface area contributed by atoms with Gasteiger partial charge in [-0.15, -0.1) is 0 Å². The van der Waals surface area contributed by atoms with E-state index in [2.05, 4.69) is 5.32 Å². The minimum Gasteiger partial charge on any atom is -0.493 e. The first-order valence-corrected chi connectivity index (χ1v) is 13.1. The van der Waals surface area contributed by atoms with Crippen molar-refractivity contribution in [2.75, 3.05) is 26.5 Å². The molecule has 40 heavy (non-hydrogen) atoms. The lowest BCUT2D eigenvalue weighted by molar-refractivity contribution is -0.649. The molecule has 0 fully saturated rings. The Bertz CT molecular complexity index is 1820. The number of amides is 1. The zero-order valence-corrected chi connectivity index (χ0v) is 23.2. The number of aryl methyl sites for hydroxylation is 1. The van der Waals surface area contributed by atoms with Crippen LogP contribution in [0.3, 0.4) is 0 Å². The smallest absolute Gasteiger partial charge is 0.278 e. The normalized spacial score (nSPS) is 11.1. The molecule has 5 aromatic rings. The number of ether oxygens (including phenoxy) is 2. The van der Waals surface area contributed by atoms with E-state index >= 15 is 0 Å². The summed E-state index contributed by atoms with van der Waals surface area (Å²) in [4.78, 5) is 31.8. The molecule has 3 N–H and O–H groups in total. The van der Waals surface area contributed by atoms with Gasteiger partial charge in [0.25, 0.3) is 17.1 Å². The maximum atomic E-state index is 13.6. The van der Waals surface area contributed by atoms with Crippen molar-refractivity contribution in [3.63, 3.8) is 0 Å². The van der Waals surface area contributed by atoms with Crippen molar-refractivity contribution in [2.45, 2.75) is 19.9 Å². The molecule has 0 saturated heterocycles. The number of nitrogen functional groups attached to an aromatic ring is 1. The Morgan fingerprint density at radius 3 is 2.60 bits per heavy atom. The van der Waals surface area contributed by atoms with Crippen molar-refractivity contribution in [1.82, 2.24) is 14.7 Å². The van der Waals surface area contributed by atoms with Gasteiger partial charge in [0, 0.05) is 28.9 Å². The predicted octanol–water partition coefficient (Wildman–Crippen LogP) is 3.72. The van der Waals surface area contributed by atoms with E-state index in [-0.39, 0.29) is 28.9 Å². The number of carbonyl (C=O) groups excluding carboxylic acids is 1. The zero-order valence-electron chi connectivity index (χ0n) is 22.4. The van der Waals surface area contributed by atoms with Crippen molar-refractivity contribution >= 4 is 40.0 Å². The highest BCUT2D eigenvalue weighted by Gasteiger charge is 2.25. The summed E-state index contributed by atoms with van der Waals surface area (Å²) in [7, 11) is 3.15. The number of aromatic nitrogens is 3. The average Bonchev–Trinajstić information content (AvgIpc) is 2.96. The van der Waals surface area contributed by atoms with E-state index in [1.54, 1.807) is 37.1 Å². The maximum Gasteiger partial charge on any atom is 0.278 e. The van der Waals surface area contributed by atoms with E-state index in [1.165, 1.54) is 10.5 Å². The number of nitrogens with two attached hydrogens (primary N) is 1. The predicted molar refractivity (Wildman–Crippen MR) is 154 cm³/mol. The van der Waals surface area contributed by atoms with Gasteiger partial charge < -0.3 is 20.5 Å². The Labute approximate surface area is 235 Å². The van der Waals surface area contributed by atoms with E-state index in [0.717, 1.165) is 16.7 Å². The molecule has 0 aliphatic heterocycles. The van der Waals surface area contributed by atoms with Crippen LogP contribution in [-0.2, 0) is 13.0 Å². The number of carbonyl (C=O) groups is 1. The van der Waals surface area contributed by atoms with E-state index in [0.29, 0.717) is 40.8 Å². The Kier molecular flexibility index (Phi) is 7.57. The van der Waals surface area contributed by atoms with Gasteiger partial charge in [-0.05, 0) is 49.2 Å². The van der Waals surface area contributed by atoms with Crippen LogP contribution < -0.4 is 30.7 Å². The highest BCUT2D eigenvalue weighted by molar-refractivity contribution is 6.31. The third-order valence-electron chi connectivity index (χ3n) is 6.85.